The molecule has 0 bridgehead atoms. The maximum atomic E-state index is 12.1. The third-order valence-corrected chi connectivity index (χ3v) is 4.25. The molecule has 0 fully saturated rings. The van der Waals surface area contributed by atoms with Gasteiger partial charge in [-0.2, -0.15) is 13.2 Å². The van der Waals surface area contributed by atoms with Crippen LogP contribution in [0.4, 0.5) is 13.2 Å². The molecule has 1 heterocycles. The van der Waals surface area contributed by atoms with Gasteiger partial charge in [-0.1, -0.05) is 42.5 Å². The van der Waals surface area contributed by atoms with Gasteiger partial charge < -0.3 is 19.8 Å². The van der Waals surface area contributed by atoms with Crippen molar-refractivity contribution in [2.75, 3.05) is 13.7 Å². The molecule has 0 aliphatic heterocycles. The highest BCUT2D eigenvalue weighted by molar-refractivity contribution is 5.79. The minimum Gasteiger partial charge on any atom is -0.444 e. The number of aliphatic imine (C=N–C) groups is 1. The number of halogens is 3. The van der Waals surface area contributed by atoms with E-state index in [2.05, 4.69) is 25.3 Å². The van der Waals surface area contributed by atoms with Gasteiger partial charge in [0.1, 0.15) is 12.9 Å². The normalized spacial score (nSPS) is 12.1. The zero-order chi connectivity index (χ0) is 22.1. The van der Waals surface area contributed by atoms with Gasteiger partial charge in [0, 0.05) is 19.2 Å². The molecule has 0 saturated heterocycles. The molecule has 3 rings (SSSR count). The summed E-state index contributed by atoms with van der Waals surface area (Å²) in [4.78, 5) is 8.63. The van der Waals surface area contributed by atoms with Gasteiger partial charge in [-0.05, 0) is 23.3 Å². The number of ether oxygens (including phenoxy) is 1. The summed E-state index contributed by atoms with van der Waals surface area (Å²) in [5, 5.41) is 6.34. The number of hydrogen-bond acceptors (Lipinski definition) is 4. The van der Waals surface area contributed by atoms with Crippen molar-refractivity contribution in [3.63, 3.8) is 0 Å². The minimum atomic E-state index is -4.32. The zero-order valence-corrected chi connectivity index (χ0v) is 16.9. The largest absolute Gasteiger partial charge is 0.444 e. The third-order valence-electron chi connectivity index (χ3n) is 4.25. The third kappa shape index (κ3) is 7.45. The lowest BCUT2D eigenvalue weighted by molar-refractivity contribution is -0.176. The molecule has 164 valence electrons. The van der Waals surface area contributed by atoms with Crippen molar-refractivity contribution in [3.8, 4) is 11.5 Å². The number of aromatic nitrogens is 1. The number of guanidine groups is 1. The average Bonchev–Trinajstić information content (AvgIpc) is 3.24. The van der Waals surface area contributed by atoms with Gasteiger partial charge in [-0.15, -0.1) is 0 Å². The van der Waals surface area contributed by atoms with Crippen molar-refractivity contribution in [1.82, 2.24) is 15.6 Å². The second-order valence-electron chi connectivity index (χ2n) is 6.71. The fourth-order valence-electron chi connectivity index (χ4n) is 2.72. The van der Waals surface area contributed by atoms with Gasteiger partial charge in [0.15, 0.2) is 5.96 Å². The van der Waals surface area contributed by atoms with Crippen molar-refractivity contribution >= 4 is 5.96 Å². The van der Waals surface area contributed by atoms with E-state index >= 15 is 0 Å². The Morgan fingerprint density at radius 1 is 1.00 bits per heavy atom. The van der Waals surface area contributed by atoms with E-state index in [4.69, 9.17) is 4.42 Å². The maximum Gasteiger partial charge on any atom is 0.411 e. The predicted molar refractivity (Wildman–Crippen MR) is 111 cm³/mol. The molecule has 3 aromatic rings. The van der Waals surface area contributed by atoms with Gasteiger partial charge in [0.25, 0.3) is 0 Å². The van der Waals surface area contributed by atoms with E-state index in [9.17, 15) is 13.2 Å². The van der Waals surface area contributed by atoms with Crippen LogP contribution in [0.25, 0.3) is 11.5 Å². The number of nitrogens with zero attached hydrogens (tertiary/aromatic N) is 2. The lowest BCUT2D eigenvalue weighted by Gasteiger charge is -2.11. The highest BCUT2D eigenvalue weighted by atomic mass is 19.4. The molecule has 0 atom stereocenters. The first kappa shape index (κ1) is 22.4. The summed E-state index contributed by atoms with van der Waals surface area (Å²) in [5.74, 6) is 1.14. The summed E-state index contributed by atoms with van der Waals surface area (Å²) in [5.41, 5.74) is 3.28. The maximum absolute atomic E-state index is 12.1. The van der Waals surface area contributed by atoms with Gasteiger partial charge in [-0.3, -0.25) is 4.99 Å². The molecular formula is C22H23F3N4O2. The smallest absolute Gasteiger partial charge is 0.411 e. The fourth-order valence-corrected chi connectivity index (χ4v) is 2.72. The molecule has 6 nitrogen and oxygen atoms in total. The van der Waals surface area contributed by atoms with Crippen LogP contribution >= 0.6 is 0 Å². The second kappa shape index (κ2) is 10.6. The standard InChI is InChI=1S/C22H23F3N4O2/c1-26-21(28-12-19-14-31-20(29-19)18-5-3-2-4-6-18)27-11-16-7-9-17(10-8-16)13-30-15-22(23,24)25/h2-10,14H,11-13,15H2,1H3,(H2,26,27,28). The van der Waals surface area contributed by atoms with E-state index in [0.717, 1.165) is 16.8 Å². The summed E-state index contributed by atoms with van der Waals surface area (Å²) in [6.45, 7) is -0.404. The van der Waals surface area contributed by atoms with Crippen LogP contribution < -0.4 is 10.6 Å². The van der Waals surface area contributed by atoms with Gasteiger partial charge in [-0.25, -0.2) is 4.98 Å². The molecule has 0 saturated carbocycles. The Hall–Kier alpha value is -3.33. The summed E-state index contributed by atoms with van der Waals surface area (Å²) >= 11 is 0. The average molecular weight is 432 g/mol. The molecular weight excluding hydrogens is 409 g/mol. The molecule has 0 unspecified atom stereocenters. The molecule has 0 aliphatic carbocycles. The summed E-state index contributed by atoms with van der Waals surface area (Å²) < 4.78 is 46.5. The molecule has 2 aromatic carbocycles. The van der Waals surface area contributed by atoms with E-state index < -0.39 is 12.8 Å². The van der Waals surface area contributed by atoms with Crippen molar-refractivity contribution in [3.05, 3.63) is 77.7 Å². The molecule has 0 aliphatic rings. The van der Waals surface area contributed by atoms with E-state index in [-0.39, 0.29) is 6.61 Å². The lowest BCUT2D eigenvalue weighted by atomic mass is 10.1. The van der Waals surface area contributed by atoms with Crippen LogP contribution in [-0.4, -0.2) is 30.8 Å². The first-order valence-corrected chi connectivity index (χ1v) is 9.59. The Kier molecular flexibility index (Phi) is 7.66. The molecule has 0 radical (unpaired) electrons. The van der Waals surface area contributed by atoms with Crippen LogP contribution in [0.5, 0.6) is 0 Å². The number of benzene rings is 2. The van der Waals surface area contributed by atoms with Gasteiger partial charge >= 0.3 is 6.18 Å². The SMILES string of the molecule is CN=C(NCc1ccc(COCC(F)(F)F)cc1)NCc1coc(-c2ccccc2)n1. The molecule has 0 spiro atoms. The van der Waals surface area contributed by atoms with Crippen LogP contribution in [-0.2, 0) is 24.4 Å². The van der Waals surface area contributed by atoms with Gasteiger partial charge in [0.2, 0.25) is 5.89 Å². The van der Waals surface area contributed by atoms with Gasteiger partial charge in [0.05, 0.1) is 18.8 Å². The monoisotopic (exact) mass is 432 g/mol. The van der Waals surface area contributed by atoms with Crippen molar-refractivity contribution in [2.24, 2.45) is 4.99 Å². The molecule has 1 aromatic heterocycles. The first-order chi connectivity index (χ1) is 14.9. The summed E-state index contributed by atoms with van der Waals surface area (Å²) in [6, 6.07) is 16.8. The Balaban J connectivity index is 1.44. The zero-order valence-electron chi connectivity index (χ0n) is 16.9. The van der Waals surface area contributed by atoms with Crippen molar-refractivity contribution < 1.29 is 22.3 Å². The predicted octanol–water partition coefficient (Wildman–Crippen LogP) is 4.29. The highest BCUT2D eigenvalue weighted by Crippen LogP contribution is 2.18. The van der Waals surface area contributed by atoms with Crippen LogP contribution in [0.2, 0.25) is 0 Å². The van der Waals surface area contributed by atoms with E-state index in [1.807, 2.05) is 42.5 Å². The molecule has 31 heavy (non-hydrogen) atoms. The van der Waals surface area contributed by atoms with E-state index in [1.165, 1.54) is 0 Å². The Bertz CT molecular complexity index is 970. The number of alkyl halides is 3. The van der Waals surface area contributed by atoms with E-state index in [1.54, 1.807) is 25.4 Å². The summed E-state index contributed by atoms with van der Waals surface area (Å²) in [7, 11) is 1.66. The molecule has 9 heteroatoms. The Morgan fingerprint density at radius 3 is 2.35 bits per heavy atom. The summed E-state index contributed by atoms with van der Waals surface area (Å²) in [6.07, 6.45) is -2.72. The fraction of sp³-hybridized carbons (Fsp3) is 0.273. The first-order valence-electron chi connectivity index (χ1n) is 9.59. The van der Waals surface area contributed by atoms with Crippen LogP contribution in [0.15, 0.2) is 70.3 Å². The Morgan fingerprint density at radius 2 is 1.68 bits per heavy atom. The Labute approximate surface area is 178 Å². The minimum absolute atomic E-state index is 0.0842. The second-order valence-corrected chi connectivity index (χ2v) is 6.71. The lowest BCUT2D eigenvalue weighted by Crippen LogP contribution is -2.36. The molecule has 0 amide bonds. The van der Waals surface area contributed by atoms with Crippen LogP contribution in [0, 0.1) is 0 Å². The quantitative estimate of drug-likeness (QED) is 0.411. The topological polar surface area (TPSA) is 71.7 Å². The van der Waals surface area contributed by atoms with Crippen LogP contribution in [0.3, 0.4) is 0 Å². The molecule has 2 N–H and O–H groups in total. The van der Waals surface area contributed by atoms with Crippen molar-refractivity contribution in [2.45, 2.75) is 25.9 Å². The number of oxazole rings is 1. The highest BCUT2D eigenvalue weighted by Gasteiger charge is 2.27. The number of hydrogen-bond donors (Lipinski definition) is 2. The van der Waals surface area contributed by atoms with E-state index in [0.29, 0.717) is 30.5 Å². The number of rotatable bonds is 8. The van der Waals surface area contributed by atoms with Crippen molar-refractivity contribution in [1.29, 1.82) is 0 Å². The van der Waals surface area contributed by atoms with Crippen LogP contribution in [0.1, 0.15) is 16.8 Å². The number of nitrogens with one attached hydrogen (secondary N) is 2.